The van der Waals surface area contributed by atoms with Gasteiger partial charge in [-0.2, -0.15) is 0 Å². The lowest BCUT2D eigenvalue weighted by atomic mass is 9.77. The minimum atomic E-state index is 0.146. The van der Waals surface area contributed by atoms with Gasteiger partial charge >= 0.3 is 0 Å². The van der Waals surface area contributed by atoms with E-state index in [4.69, 9.17) is 5.73 Å². The molecule has 2 aliphatic rings. The summed E-state index contributed by atoms with van der Waals surface area (Å²) >= 11 is 0. The summed E-state index contributed by atoms with van der Waals surface area (Å²) in [4.78, 5) is 0. The van der Waals surface area contributed by atoms with Gasteiger partial charge in [0.15, 0.2) is 0 Å². The van der Waals surface area contributed by atoms with Crippen LogP contribution in [0.5, 0.6) is 0 Å². The topological polar surface area (TPSA) is 38.0 Å². The zero-order valence-corrected chi connectivity index (χ0v) is 10.1. The monoisotopic (exact) mass is 210 g/mol. The van der Waals surface area contributed by atoms with E-state index in [1.165, 1.54) is 57.9 Å². The lowest BCUT2D eigenvalue weighted by Gasteiger charge is -2.39. The van der Waals surface area contributed by atoms with Crippen molar-refractivity contribution in [3.8, 4) is 0 Å². The summed E-state index contributed by atoms with van der Waals surface area (Å²) in [6, 6.07) is 0. The van der Waals surface area contributed by atoms with Crippen LogP contribution in [0.4, 0.5) is 0 Å². The first-order valence-electron chi connectivity index (χ1n) is 6.68. The molecule has 0 radical (unpaired) electrons. The first-order chi connectivity index (χ1) is 7.18. The van der Waals surface area contributed by atoms with E-state index in [2.05, 4.69) is 12.2 Å². The molecule has 2 aliphatic carbocycles. The third-order valence-electron chi connectivity index (χ3n) is 4.74. The maximum absolute atomic E-state index is 6.21. The maximum atomic E-state index is 6.21. The Labute approximate surface area is 94.0 Å². The minimum absolute atomic E-state index is 0.146. The highest BCUT2D eigenvalue weighted by Gasteiger charge is 2.35. The Balaban J connectivity index is 1.71. The van der Waals surface area contributed by atoms with Crippen LogP contribution in [0.2, 0.25) is 0 Å². The fraction of sp³-hybridized carbons (Fsp3) is 1.00. The zero-order valence-electron chi connectivity index (χ0n) is 10.1. The van der Waals surface area contributed by atoms with Crippen molar-refractivity contribution in [2.45, 2.75) is 63.8 Å². The highest BCUT2D eigenvalue weighted by Crippen LogP contribution is 2.40. The van der Waals surface area contributed by atoms with E-state index in [1.807, 2.05) is 0 Å². The zero-order chi connectivity index (χ0) is 10.8. The molecule has 0 unspecified atom stereocenters. The quantitative estimate of drug-likeness (QED) is 0.731. The van der Waals surface area contributed by atoms with Gasteiger partial charge in [0.1, 0.15) is 0 Å². The Morgan fingerprint density at radius 2 is 1.67 bits per heavy atom. The molecule has 3 N–H and O–H groups in total. The van der Waals surface area contributed by atoms with Gasteiger partial charge in [0.2, 0.25) is 0 Å². The largest absolute Gasteiger partial charge is 0.324 e. The average Bonchev–Trinajstić information content (AvgIpc) is 2.65. The number of hydrogen-bond donors (Lipinski definition) is 2. The molecule has 0 aromatic rings. The van der Waals surface area contributed by atoms with Gasteiger partial charge in [-0.15, -0.1) is 0 Å². The summed E-state index contributed by atoms with van der Waals surface area (Å²) < 4.78 is 0. The number of rotatable bonds is 5. The van der Waals surface area contributed by atoms with Crippen LogP contribution >= 0.6 is 0 Å². The fourth-order valence-electron chi connectivity index (χ4n) is 3.16. The van der Waals surface area contributed by atoms with Crippen LogP contribution in [0, 0.1) is 5.41 Å². The molecule has 0 saturated heterocycles. The summed E-state index contributed by atoms with van der Waals surface area (Å²) in [5.41, 5.74) is 6.97. The van der Waals surface area contributed by atoms with Crippen molar-refractivity contribution in [2.75, 3.05) is 13.1 Å². The van der Waals surface area contributed by atoms with Crippen molar-refractivity contribution in [3.05, 3.63) is 0 Å². The molecular weight excluding hydrogens is 184 g/mol. The molecular formula is C13H26N2. The molecule has 0 aliphatic heterocycles. The molecule has 0 aromatic carbocycles. The second-order valence-corrected chi connectivity index (χ2v) is 5.88. The van der Waals surface area contributed by atoms with Gasteiger partial charge in [0.05, 0.1) is 0 Å². The van der Waals surface area contributed by atoms with Crippen LogP contribution in [0.25, 0.3) is 0 Å². The molecule has 0 bridgehead atoms. The molecule has 0 atom stereocenters. The predicted molar refractivity (Wildman–Crippen MR) is 64.8 cm³/mol. The molecule has 2 nitrogen and oxygen atoms in total. The molecule has 2 fully saturated rings. The normalized spacial score (nSPS) is 27.6. The molecule has 0 spiro atoms. The highest BCUT2D eigenvalue weighted by molar-refractivity contribution is 4.95. The molecule has 0 heterocycles. The molecule has 2 heteroatoms. The molecule has 0 amide bonds. The molecule has 2 saturated carbocycles. The fourth-order valence-corrected chi connectivity index (χ4v) is 3.16. The number of nitrogens with two attached hydrogens (primary N) is 1. The van der Waals surface area contributed by atoms with Gasteiger partial charge in [-0.1, -0.05) is 19.8 Å². The molecule has 0 aromatic heterocycles. The SMILES string of the molecule is CCC1(CNCC2(N)CCC2)CCCC1. The van der Waals surface area contributed by atoms with Gasteiger partial charge in [0, 0.05) is 18.6 Å². The second-order valence-electron chi connectivity index (χ2n) is 5.88. The third-order valence-corrected chi connectivity index (χ3v) is 4.74. The Morgan fingerprint density at radius 3 is 2.13 bits per heavy atom. The summed E-state index contributed by atoms with van der Waals surface area (Å²) in [5, 5.41) is 3.64. The van der Waals surface area contributed by atoms with Crippen LogP contribution in [0.15, 0.2) is 0 Å². The van der Waals surface area contributed by atoms with E-state index in [9.17, 15) is 0 Å². The Kier molecular flexibility index (Phi) is 3.36. The van der Waals surface area contributed by atoms with E-state index in [-0.39, 0.29) is 5.54 Å². The van der Waals surface area contributed by atoms with Crippen molar-refractivity contribution in [1.29, 1.82) is 0 Å². The van der Waals surface area contributed by atoms with Gasteiger partial charge in [-0.05, 0) is 43.9 Å². The van der Waals surface area contributed by atoms with Gasteiger partial charge in [-0.3, -0.25) is 0 Å². The van der Waals surface area contributed by atoms with Crippen molar-refractivity contribution in [3.63, 3.8) is 0 Å². The highest BCUT2D eigenvalue weighted by atomic mass is 15.0. The van der Waals surface area contributed by atoms with E-state index in [1.54, 1.807) is 0 Å². The van der Waals surface area contributed by atoms with Crippen molar-refractivity contribution in [1.82, 2.24) is 5.32 Å². The summed E-state index contributed by atoms with van der Waals surface area (Å²) in [5.74, 6) is 0. The second kappa shape index (κ2) is 4.42. The van der Waals surface area contributed by atoms with Crippen molar-refractivity contribution < 1.29 is 0 Å². The lowest BCUT2D eigenvalue weighted by molar-refractivity contribution is 0.209. The molecule has 88 valence electrons. The Hall–Kier alpha value is -0.0800. The van der Waals surface area contributed by atoms with Crippen LogP contribution in [0.1, 0.15) is 58.3 Å². The van der Waals surface area contributed by atoms with E-state index >= 15 is 0 Å². The Morgan fingerprint density at radius 1 is 1.00 bits per heavy atom. The average molecular weight is 210 g/mol. The standard InChI is InChI=1S/C13H26N2/c1-2-12(6-3-4-7-12)10-15-11-13(14)8-5-9-13/h15H,2-11,14H2,1H3. The van der Waals surface area contributed by atoms with E-state index < -0.39 is 0 Å². The van der Waals surface area contributed by atoms with Gasteiger partial charge < -0.3 is 11.1 Å². The van der Waals surface area contributed by atoms with Crippen LogP contribution in [0.3, 0.4) is 0 Å². The van der Waals surface area contributed by atoms with E-state index in [0.29, 0.717) is 5.41 Å². The summed E-state index contributed by atoms with van der Waals surface area (Å²) in [6.45, 7) is 4.58. The third kappa shape index (κ3) is 2.54. The predicted octanol–water partition coefficient (Wildman–Crippen LogP) is 2.43. The summed E-state index contributed by atoms with van der Waals surface area (Å²) in [7, 11) is 0. The lowest BCUT2D eigenvalue weighted by Crippen LogP contribution is -2.55. The van der Waals surface area contributed by atoms with Crippen LogP contribution in [-0.2, 0) is 0 Å². The minimum Gasteiger partial charge on any atom is -0.324 e. The number of hydrogen-bond acceptors (Lipinski definition) is 2. The smallest absolute Gasteiger partial charge is 0.0280 e. The van der Waals surface area contributed by atoms with E-state index in [0.717, 1.165) is 6.54 Å². The first kappa shape index (κ1) is 11.4. The maximum Gasteiger partial charge on any atom is 0.0280 e. The Bertz CT molecular complexity index is 203. The van der Waals surface area contributed by atoms with Gasteiger partial charge in [-0.25, -0.2) is 0 Å². The van der Waals surface area contributed by atoms with Crippen LogP contribution in [-0.4, -0.2) is 18.6 Å². The van der Waals surface area contributed by atoms with Crippen LogP contribution < -0.4 is 11.1 Å². The van der Waals surface area contributed by atoms with Crippen molar-refractivity contribution in [2.24, 2.45) is 11.1 Å². The van der Waals surface area contributed by atoms with Gasteiger partial charge in [0.25, 0.3) is 0 Å². The number of nitrogens with one attached hydrogen (secondary N) is 1. The summed E-state index contributed by atoms with van der Waals surface area (Å²) in [6.07, 6.45) is 10.8. The molecule has 15 heavy (non-hydrogen) atoms. The van der Waals surface area contributed by atoms with Crippen molar-refractivity contribution >= 4 is 0 Å². The first-order valence-corrected chi connectivity index (χ1v) is 6.68. The molecule has 2 rings (SSSR count).